The monoisotopic (exact) mass is 252 g/mol. The number of carboxylic acid groups (broad SMARTS) is 1. The van der Waals surface area contributed by atoms with E-state index in [0.29, 0.717) is 13.0 Å². The van der Waals surface area contributed by atoms with Crippen molar-refractivity contribution in [2.24, 2.45) is 0 Å². The molecule has 0 aromatic carbocycles. The van der Waals surface area contributed by atoms with E-state index in [1.54, 1.807) is 13.8 Å². The SMILES string of the molecule is CCCNS(=O)(=O)N(CC)C(C)CC(=O)O. The van der Waals surface area contributed by atoms with Gasteiger partial charge < -0.3 is 5.11 Å². The smallest absolute Gasteiger partial charge is 0.304 e. The van der Waals surface area contributed by atoms with Crippen molar-refractivity contribution in [3.8, 4) is 0 Å². The molecule has 2 N–H and O–H groups in total. The molecule has 0 aromatic rings. The fourth-order valence-corrected chi connectivity index (χ4v) is 2.90. The molecule has 0 aliphatic heterocycles. The van der Waals surface area contributed by atoms with Crippen molar-refractivity contribution in [1.82, 2.24) is 9.03 Å². The van der Waals surface area contributed by atoms with Crippen LogP contribution in [0.3, 0.4) is 0 Å². The Hall–Kier alpha value is -0.660. The van der Waals surface area contributed by atoms with Gasteiger partial charge in [-0.25, -0.2) is 4.72 Å². The van der Waals surface area contributed by atoms with E-state index in [-0.39, 0.29) is 13.0 Å². The Morgan fingerprint density at radius 1 is 1.44 bits per heavy atom. The fourth-order valence-electron chi connectivity index (χ4n) is 1.39. The molecule has 0 aliphatic rings. The molecule has 0 amide bonds. The molecule has 0 radical (unpaired) electrons. The van der Waals surface area contributed by atoms with Crippen LogP contribution in [0.15, 0.2) is 0 Å². The molecule has 0 fully saturated rings. The summed E-state index contributed by atoms with van der Waals surface area (Å²) in [7, 11) is -3.56. The first-order valence-electron chi connectivity index (χ1n) is 5.33. The van der Waals surface area contributed by atoms with Crippen molar-refractivity contribution in [3.63, 3.8) is 0 Å². The fraction of sp³-hybridized carbons (Fsp3) is 0.889. The molecule has 1 unspecified atom stereocenters. The van der Waals surface area contributed by atoms with Gasteiger partial charge >= 0.3 is 5.97 Å². The highest BCUT2D eigenvalue weighted by atomic mass is 32.2. The standard InChI is InChI=1S/C9H20N2O4S/c1-4-6-10-16(14,15)11(5-2)8(3)7-9(12)13/h8,10H,4-7H2,1-3H3,(H,12,13). The van der Waals surface area contributed by atoms with Gasteiger partial charge in [0.1, 0.15) is 0 Å². The van der Waals surface area contributed by atoms with Gasteiger partial charge in [0.05, 0.1) is 6.42 Å². The van der Waals surface area contributed by atoms with E-state index in [0.717, 1.165) is 4.31 Å². The van der Waals surface area contributed by atoms with Crippen LogP contribution in [-0.2, 0) is 15.0 Å². The van der Waals surface area contributed by atoms with Gasteiger partial charge in [-0.15, -0.1) is 0 Å². The molecule has 0 bridgehead atoms. The molecule has 0 spiro atoms. The van der Waals surface area contributed by atoms with Gasteiger partial charge in [-0.1, -0.05) is 13.8 Å². The topological polar surface area (TPSA) is 86.7 Å². The summed E-state index contributed by atoms with van der Waals surface area (Å²) < 4.78 is 27.1. The maximum Gasteiger partial charge on any atom is 0.304 e. The van der Waals surface area contributed by atoms with Gasteiger partial charge in [0, 0.05) is 19.1 Å². The van der Waals surface area contributed by atoms with Gasteiger partial charge in [-0.2, -0.15) is 12.7 Å². The van der Waals surface area contributed by atoms with Gasteiger partial charge in [0.25, 0.3) is 10.2 Å². The van der Waals surface area contributed by atoms with Crippen molar-refractivity contribution in [3.05, 3.63) is 0 Å². The number of nitrogens with zero attached hydrogens (tertiary/aromatic N) is 1. The summed E-state index contributed by atoms with van der Waals surface area (Å²) in [5.74, 6) is -1.00. The minimum Gasteiger partial charge on any atom is -0.481 e. The van der Waals surface area contributed by atoms with Crippen molar-refractivity contribution < 1.29 is 18.3 Å². The molecule has 0 heterocycles. The van der Waals surface area contributed by atoms with Crippen molar-refractivity contribution >= 4 is 16.2 Å². The Balaban J connectivity index is 4.64. The van der Waals surface area contributed by atoms with Crippen LogP contribution < -0.4 is 4.72 Å². The first kappa shape index (κ1) is 15.3. The molecule has 16 heavy (non-hydrogen) atoms. The van der Waals surface area contributed by atoms with Crippen molar-refractivity contribution in [1.29, 1.82) is 0 Å². The van der Waals surface area contributed by atoms with Gasteiger partial charge in [0.15, 0.2) is 0 Å². The number of carbonyl (C=O) groups is 1. The molecular weight excluding hydrogens is 232 g/mol. The van der Waals surface area contributed by atoms with Crippen molar-refractivity contribution in [2.75, 3.05) is 13.1 Å². The minimum absolute atomic E-state index is 0.194. The van der Waals surface area contributed by atoms with Gasteiger partial charge in [-0.3, -0.25) is 4.79 Å². The van der Waals surface area contributed by atoms with Crippen LogP contribution in [0.5, 0.6) is 0 Å². The number of carboxylic acids is 1. The van der Waals surface area contributed by atoms with Crippen LogP contribution in [0.4, 0.5) is 0 Å². The molecule has 0 aromatic heterocycles. The van der Waals surface area contributed by atoms with Gasteiger partial charge in [-0.05, 0) is 13.3 Å². The van der Waals surface area contributed by atoms with E-state index in [2.05, 4.69) is 4.72 Å². The van der Waals surface area contributed by atoms with Crippen LogP contribution in [0.1, 0.15) is 33.6 Å². The summed E-state index contributed by atoms with van der Waals surface area (Å²) in [6.45, 7) is 5.75. The molecule has 0 aliphatic carbocycles. The van der Waals surface area contributed by atoms with E-state index in [9.17, 15) is 13.2 Å². The maximum atomic E-state index is 11.8. The lowest BCUT2D eigenvalue weighted by molar-refractivity contribution is -0.137. The van der Waals surface area contributed by atoms with E-state index >= 15 is 0 Å². The second kappa shape index (κ2) is 6.82. The van der Waals surface area contributed by atoms with Crippen LogP contribution in [0.25, 0.3) is 0 Å². The molecule has 0 saturated heterocycles. The van der Waals surface area contributed by atoms with Gasteiger partial charge in [0.2, 0.25) is 0 Å². The van der Waals surface area contributed by atoms with E-state index in [1.165, 1.54) is 0 Å². The van der Waals surface area contributed by atoms with E-state index in [1.807, 2.05) is 6.92 Å². The lowest BCUT2D eigenvalue weighted by Crippen LogP contribution is -2.46. The van der Waals surface area contributed by atoms with E-state index in [4.69, 9.17) is 5.11 Å². The third-order valence-corrected chi connectivity index (χ3v) is 3.92. The summed E-state index contributed by atoms with van der Waals surface area (Å²) in [6, 6.07) is -0.545. The highest BCUT2D eigenvalue weighted by molar-refractivity contribution is 7.87. The summed E-state index contributed by atoms with van der Waals surface area (Å²) in [6.07, 6.45) is 0.505. The number of hydrogen-bond donors (Lipinski definition) is 2. The zero-order valence-electron chi connectivity index (χ0n) is 9.93. The first-order chi connectivity index (χ1) is 7.35. The highest BCUT2D eigenvalue weighted by Crippen LogP contribution is 2.08. The zero-order chi connectivity index (χ0) is 12.8. The third kappa shape index (κ3) is 4.91. The molecule has 7 heteroatoms. The number of hydrogen-bond acceptors (Lipinski definition) is 3. The lowest BCUT2D eigenvalue weighted by Gasteiger charge is -2.26. The van der Waals surface area contributed by atoms with Crippen LogP contribution >= 0.6 is 0 Å². The lowest BCUT2D eigenvalue weighted by atomic mass is 10.2. The third-order valence-electron chi connectivity index (χ3n) is 2.12. The molecule has 0 rings (SSSR count). The number of rotatable bonds is 8. The first-order valence-corrected chi connectivity index (χ1v) is 6.77. The Morgan fingerprint density at radius 2 is 2.00 bits per heavy atom. The maximum absolute atomic E-state index is 11.8. The van der Waals surface area contributed by atoms with Crippen LogP contribution in [0.2, 0.25) is 0 Å². The quantitative estimate of drug-likeness (QED) is 0.655. The average Bonchev–Trinajstić information content (AvgIpc) is 2.14. The van der Waals surface area contributed by atoms with Crippen LogP contribution in [0, 0.1) is 0 Å². The predicted octanol–water partition coefficient (Wildman–Crippen LogP) is 0.416. The second-order valence-corrected chi connectivity index (χ2v) is 5.26. The number of aliphatic carboxylic acids is 1. The summed E-state index contributed by atoms with van der Waals surface area (Å²) >= 11 is 0. The summed E-state index contributed by atoms with van der Waals surface area (Å²) in [5.41, 5.74) is 0. The molecular formula is C9H20N2O4S. The Morgan fingerprint density at radius 3 is 2.38 bits per heavy atom. The Labute approximate surface area is 96.8 Å². The zero-order valence-corrected chi connectivity index (χ0v) is 10.7. The molecule has 96 valence electrons. The summed E-state index contributed by atoms with van der Waals surface area (Å²) in [4.78, 5) is 10.5. The molecule has 0 saturated carbocycles. The number of nitrogens with one attached hydrogen (secondary N) is 1. The molecule has 6 nitrogen and oxygen atoms in total. The largest absolute Gasteiger partial charge is 0.481 e. The second-order valence-electron chi connectivity index (χ2n) is 3.55. The minimum atomic E-state index is -3.56. The highest BCUT2D eigenvalue weighted by Gasteiger charge is 2.26. The Kier molecular flexibility index (Phi) is 6.54. The van der Waals surface area contributed by atoms with Crippen molar-refractivity contribution in [2.45, 2.75) is 39.7 Å². The normalized spacial score (nSPS) is 14.0. The molecule has 1 atom stereocenters. The van der Waals surface area contributed by atoms with Crippen LogP contribution in [-0.4, -0.2) is 42.9 Å². The summed E-state index contributed by atoms with van der Waals surface area (Å²) in [5, 5.41) is 8.63. The average molecular weight is 252 g/mol. The van der Waals surface area contributed by atoms with E-state index < -0.39 is 22.2 Å². The predicted molar refractivity (Wildman–Crippen MR) is 61.3 cm³/mol. The Bertz CT molecular complexity index is 315.